The van der Waals surface area contributed by atoms with Crippen molar-refractivity contribution < 1.29 is 23.6 Å². The second-order valence-electron chi connectivity index (χ2n) is 8.68. The zero-order chi connectivity index (χ0) is 24.2. The number of fused-ring (bicyclic) bond motifs is 1. The maximum atomic E-state index is 13.2. The van der Waals surface area contributed by atoms with Crippen molar-refractivity contribution in [1.29, 1.82) is 0 Å². The molecule has 9 nitrogen and oxygen atoms in total. The first-order valence-electron chi connectivity index (χ1n) is 11.8. The Morgan fingerprint density at radius 3 is 2.83 bits per heavy atom. The third-order valence-corrected chi connectivity index (χ3v) is 6.24. The van der Waals surface area contributed by atoms with E-state index in [9.17, 15) is 9.59 Å². The first-order valence-corrected chi connectivity index (χ1v) is 11.8. The molecule has 9 heteroatoms. The number of likely N-dealkylation sites (N-methyl/N-ethyl adjacent to an activating group) is 1. The summed E-state index contributed by atoms with van der Waals surface area (Å²) in [5.74, 6) is 0.417. The molecule has 2 aliphatic heterocycles. The van der Waals surface area contributed by atoms with Crippen LogP contribution in [-0.4, -0.2) is 63.0 Å². The van der Waals surface area contributed by atoms with Crippen LogP contribution >= 0.6 is 0 Å². The number of rotatable bonds is 5. The fraction of sp³-hybridized carbons (Fsp3) is 0.346. The van der Waals surface area contributed by atoms with Gasteiger partial charge in [0.15, 0.2) is 5.69 Å². The first-order chi connectivity index (χ1) is 17.1. The maximum absolute atomic E-state index is 13.2. The average molecular weight is 477 g/mol. The number of nitrogens with zero attached hydrogens (tertiary/aromatic N) is 3. The van der Waals surface area contributed by atoms with Crippen LogP contribution in [0, 0.1) is 0 Å². The number of hydrogen-bond acceptors (Lipinski definition) is 7. The highest BCUT2D eigenvalue weighted by atomic mass is 16.5. The molecular weight excluding hydrogens is 448 g/mol. The Bertz CT molecular complexity index is 1190. The Kier molecular flexibility index (Phi) is 6.67. The van der Waals surface area contributed by atoms with Gasteiger partial charge in [-0.15, -0.1) is 0 Å². The Labute approximate surface area is 203 Å². The highest BCUT2D eigenvalue weighted by molar-refractivity contribution is 6.03. The summed E-state index contributed by atoms with van der Waals surface area (Å²) in [7, 11) is 1.69. The van der Waals surface area contributed by atoms with E-state index in [0.29, 0.717) is 30.2 Å². The number of carbonyl (C=O) groups is 2. The van der Waals surface area contributed by atoms with E-state index in [0.717, 1.165) is 37.4 Å². The Morgan fingerprint density at radius 1 is 1.11 bits per heavy atom. The molecule has 0 spiro atoms. The third-order valence-electron chi connectivity index (χ3n) is 6.24. The first kappa shape index (κ1) is 22.9. The van der Waals surface area contributed by atoms with Gasteiger partial charge in [-0.1, -0.05) is 35.5 Å². The van der Waals surface area contributed by atoms with E-state index in [4.69, 9.17) is 14.0 Å². The fourth-order valence-electron chi connectivity index (χ4n) is 4.32. The average Bonchev–Trinajstić information content (AvgIpc) is 3.12. The molecule has 1 N–H and O–H groups in total. The third kappa shape index (κ3) is 5.14. The van der Waals surface area contributed by atoms with Gasteiger partial charge in [-0.2, -0.15) is 0 Å². The summed E-state index contributed by atoms with van der Waals surface area (Å²) in [5.41, 5.74) is 2.85. The minimum Gasteiger partial charge on any atom is -0.489 e. The zero-order valence-corrected chi connectivity index (χ0v) is 19.6. The molecule has 2 amide bonds. The van der Waals surface area contributed by atoms with Crippen molar-refractivity contribution in [2.45, 2.75) is 18.9 Å². The Hall–Kier alpha value is -3.85. The lowest BCUT2D eigenvalue weighted by Crippen LogP contribution is -2.49. The summed E-state index contributed by atoms with van der Waals surface area (Å²) in [6.07, 6.45) is 1.47. The number of hydrogen-bond donors (Lipinski definition) is 1. The standard InChI is InChI=1S/C26H28N4O5/c1-29-23-15-19(30-10-5-12-33-13-11-30)8-9-24(23)34-17-22(26(29)32)27-25(31)21-16-20(35-28-21)14-18-6-3-2-4-7-18/h2-4,6-9,15-16,22H,5,10-14,17H2,1H3,(H,27,31)/t22-/m1/s1. The second-order valence-corrected chi connectivity index (χ2v) is 8.68. The van der Waals surface area contributed by atoms with E-state index >= 15 is 0 Å². The lowest BCUT2D eigenvalue weighted by molar-refractivity contribution is -0.120. The number of ether oxygens (including phenoxy) is 2. The van der Waals surface area contributed by atoms with Gasteiger partial charge in [0, 0.05) is 44.9 Å². The lowest BCUT2D eigenvalue weighted by atomic mass is 10.1. The van der Waals surface area contributed by atoms with Crippen molar-refractivity contribution in [1.82, 2.24) is 10.5 Å². The number of anilines is 2. The van der Waals surface area contributed by atoms with Crippen LogP contribution in [0.1, 0.15) is 28.2 Å². The van der Waals surface area contributed by atoms with Gasteiger partial charge in [0.1, 0.15) is 24.2 Å². The molecule has 0 aliphatic carbocycles. The van der Waals surface area contributed by atoms with Gasteiger partial charge in [-0.05, 0) is 30.2 Å². The van der Waals surface area contributed by atoms with Crippen LogP contribution in [-0.2, 0) is 16.0 Å². The van der Waals surface area contributed by atoms with Gasteiger partial charge < -0.3 is 29.1 Å². The van der Waals surface area contributed by atoms with Crippen molar-refractivity contribution >= 4 is 23.2 Å². The van der Waals surface area contributed by atoms with Crippen LogP contribution in [0.25, 0.3) is 0 Å². The molecule has 0 bridgehead atoms. The lowest BCUT2D eigenvalue weighted by Gasteiger charge is -2.25. The monoisotopic (exact) mass is 476 g/mol. The van der Waals surface area contributed by atoms with Crippen LogP contribution < -0.4 is 19.9 Å². The molecule has 35 heavy (non-hydrogen) atoms. The van der Waals surface area contributed by atoms with Gasteiger partial charge in [-0.3, -0.25) is 9.59 Å². The van der Waals surface area contributed by atoms with Gasteiger partial charge >= 0.3 is 0 Å². The van der Waals surface area contributed by atoms with Crippen LogP contribution in [0.4, 0.5) is 11.4 Å². The van der Waals surface area contributed by atoms with Crippen molar-refractivity contribution in [3.05, 3.63) is 71.6 Å². The van der Waals surface area contributed by atoms with Gasteiger partial charge in [-0.25, -0.2) is 0 Å². The van der Waals surface area contributed by atoms with E-state index in [1.165, 1.54) is 4.90 Å². The quantitative estimate of drug-likeness (QED) is 0.605. The summed E-state index contributed by atoms with van der Waals surface area (Å²) in [5, 5.41) is 6.64. The minimum absolute atomic E-state index is 0.0214. The predicted molar refractivity (Wildman–Crippen MR) is 130 cm³/mol. The van der Waals surface area contributed by atoms with E-state index in [2.05, 4.69) is 15.4 Å². The normalized spacial score (nSPS) is 18.3. The molecule has 1 aromatic heterocycles. The number of amides is 2. The SMILES string of the molecule is CN1C(=O)[C@H](NC(=O)c2cc(Cc3ccccc3)on2)COc2ccc(N3CCCOCC3)cc21. The molecule has 5 rings (SSSR count). The van der Waals surface area contributed by atoms with Crippen molar-refractivity contribution in [3.8, 4) is 5.75 Å². The van der Waals surface area contributed by atoms with Gasteiger partial charge in [0.05, 0.1) is 12.3 Å². The van der Waals surface area contributed by atoms with Crippen LogP contribution in [0.15, 0.2) is 59.1 Å². The Balaban J connectivity index is 1.27. The van der Waals surface area contributed by atoms with Gasteiger partial charge in [0.2, 0.25) is 0 Å². The van der Waals surface area contributed by atoms with Crippen molar-refractivity contribution in [2.24, 2.45) is 0 Å². The molecule has 2 aliphatic rings. The van der Waals surface area contributed by atoms with Gasteiger partial charge in [0.25, 0.3) is 11.8 Å². The fourth-order valence-corrected chi connectivity index (χ4v) is 4.32. The van der Waals surface area contributed by atoms with E-state index < -0.39 is 11.9 Å². The molecule has 3 aromatic rings. The number of benzene rings is 2. The minimum atomic E-state index is -0.857. The smallest absolute Gasteiger partial charge is 0.274 e. The topological polar surface area (TPSA) is 97.1 Å². The molecule has 1 saturated heterocycles. The van der Waals surface area contributed by atoms with E-state index in [1.807, 2.05) is 48.5 Å². The molecular formula is C26H28N4O5. The van der Waals surface area contributed by atoms with E-state index in [-0.39, 0.29) is 18.2 Å². The maximum Gasteiger partial charge on any atom is 0.274 e. The number of nitrogens with one attached hydrogen (secondary N) is 1. The molecule has 182 valence electrons. The highest BCUT2D eigenvalue weighted by Crippen LogP contribution is 2.35. The molecule has 0 unspecified atom stereocenters. The zero-order valence-electron chi connectivity index (χ0n) is 19.6. The van der Waals surface area contributed by atoms with Crippen molar-refractivity contribution in [3.63, 3.8) is 0 Å². The molecule has 1 atom stereocenters. The van der Waals surface area contributed by atoms with Crippen LogP contribution in [0.2, 0.25) is 0 Å². The predicted octanol–water partition coefficient (Wildman–Crippen LogP) is 2.65. The van der Waals surface area contributed by atoms with Crippen molar-refractivity contribution in [2.75, 3.05) is 49.8 Å². The van der Waals surface area contributed by atoms with Crippen LogP contribution in [0.3, 0.4) is 0 Å². The van der Waals surface area contributed by atoms with E-state index in [1.54, 1.807) is 13.1 Å². The number of aromatic nitrogens is 1. The molecule has 0 radical (unpaired) electrons. The highest BCUT2D eigenvalue weighted by Gasteiger charge is 2.32. The van der Waals surface area contributed by atoms with Crippen LogP contribution in [0.5, 0.6) is 5.75 Å². The molecule has 2 aromatic carbocycles. The molecule has 3 heterocycles. The summed E-state index contributed by atoms with van der Waals surface area (Å²) in [6.45, 7) is 3.13. The summed E-state index contributed by atoms with van der Waals surface area (Å²) in [4.78, 5) is 29.8. The summed E-state index contributed by atoms with van der Waals surface area (Å²) >= 11 is 0. The summed E-state index contributed by atoms with van der Waals surface area (Å²) in [6, 6.07) is 16.3. The Morgan fingerprint density at radius 2 is 1.97 bits per heavy atom. The molecule has 1 fully saturated rings. The largest absolute Gasteiger partial charge is 0.489 e. The summed E-state index contributed by atoms with van der Waals surface area (Å²) < 4.78 is 16.8. The second kappa shape index (κ2) is 10.2. The molecule has 0 saturated carbocycles. The number of carbonyl (C=O) groups excluding carboxylic acids is 2.